The largest absolute Gasteiger partial charge is 0.490 e. The van der Waals surface area contributed by atoms with Gasteiger partial charge in [0.15, 0.2) is 6.04 Å². The molecule has 1 unspecified atom stereocenters. The van der Waals surface area contributed by atoms with Crippen molar-refractivity contribution in [2.75, 3.05) is 19.8 Å². The second-order valence-electron chi connectivity index (χ2n) is 9.44. The normalized spacial score (nSPS) is 16.4. The number of rotatable bonds is 9. The first-order valence-corrected chi connectivity index (χ1v) is 11.5. The summed E-state index contributed by atoms with van der Waals surface area (Å²) in [6, 6.07) is 13.5. The van der Waals surface area contributed by atoms with Crippen molar-refractivity contribution in [3.05, 3.63) is 77.9 Å². The number of carboxylic acid groups (broad SMARTS) is 1. The number of esters is 1. The van der Waals surface area contributed by atoms with Gasteiger partial charge in [0.25, 0.3) is 0 Å². The van der Waals surface area contributed by atoms with E-state index in [0.29, 0.717) is 35.6 Å². The summed E-state index contributed by atoms with van der Waals surface area (Å²) in [6.45, 7) is 10.4. The van der Waals surface area contributed by atoms with Gasteiger partial charge in [-0.2, -0.15) is 0 Å². The first kappa shape index (κ1) is 25.8. The van der Waals surface area contributed by atoms with Crippen molar-refractivity contribution in [1.82, 2.24) is 4.90 Å². The molecule has 0 radical (unpaired) electrons. The Morgan fingerprint density at radius 3 is 2.60 bits per heavy atom. The fourth-order valence-electron chi connectivity index (χ4n) is 3.58. The van der Waals surface area contributed by atoms with E-state index in [9.17, 15) is 14.7 Å². The van der Waals surface area contributed by atoms with Crippen LogP contribution in [0.15, 0.2) is 66.3 Å². The molecule has 2 aromatic carbocycles. The molecule has 1 atom stereocenters. The number of carbonyl (C=O) groups is 2. The first-order chi connectivity index (χ1) is 16.7. The number of oxime groups is 1. The van der Waals surface area contributed by atoms with Gasteiger partial charge in [0.05, 0.1) is 13.2 Å². The van der Waals surface area contributed by atoms with Crippen LogP contribution in [0.3, 0.4) is 0 Å². The van der Waals surface area contributed by atoms with Crippen LogP contribution in [0.5, 0.6) is 5.75 Å². The SMILES string of the molecule is C=CCOc1ccc2c(c1)C(=NOCc1ccccc1)CN(C(=O)O)C2C(=O)OCCC(C)(C)C. The maximum absolute atomic E-state index is 13.1. The van der Waals surface area contributed by atoms with Gasteiger partial charge in [-0.3, -0.25) is 4.90 Å². The van der Waals surface area contributed by atoms with Crippen molar-refractivity contribution in [1.29, 1.82) is 0 Å². The quantitative estimate of drug-likeness (QED) is 0.301. The van der Waals surface area contributed by atoms with Gasteiger partial charge >= 0.3 is 12.1 Å². The van der Waals surface area contributed by atoms with E-state index in [4.69, 9.17) is 14.3 Å². The van der Waals surface area contributed by atoms with Gasteiger partial charge in [-0.1, -0.05) is 75.0 Å². The van der Waals surface area contributed by atoms with Crippen LogP contribution in [-0.4, -0.2) is 47.5 Å². The van der Waals surface area contributed by atoms with Gasteiger partial charge in [0, 0.05) is 5.56 Å². The van der Waals surface area contributed by atoms with Gasteiger partial charge in [-0.25, -0.2) is 9.59 Å². The molecule has 1 N–H and O–H groups in total. The van der Waals surface area contributed by atoms with Crippen LogP contribution in [0, 0.1) is 5.41 Å². The number of carbonyl (C=O) groups excluding carboxylic acids is 1. The average Bonchev–Trinajstić information content (AvgIpc) is 2.82. The Bertz CT molecular complexity index is 1070. The number of amides is 1. The molecule has 3 rings (SSSR count). The van der Waals surface area contributed by atoms with Gasteiger partial charge in [-0.05, 0) is 35.1 Å². The van der Waals surface area contributed by atoms with E-state index in [1.54, 1.807) is 24.3 Å². The van der Waals surface area contributed by atoms with E-state index in [0.717, 1.165) is 10.5 Å². The third kappa shape index (κ3) is 7.09. The van der Waals surface area contributed by atoms with Crippen molar-refractivity contribution < 1.29 is 29.0 Å². The highest BCUT2D eigenvalue weighted by atomic mass is 16.6. The Morgan fingerprint density at radius 2 is 1.94 bits per heavy atom. The molecule has 1 aliphatic heterocycles. The molecular formula is C27H32N2O6. The second kappa shape index (κ2) is 11.6. The molecule has 1 amide bonds. The molecule has 0 aromatic heterocycles. The third-order valence-corrected chi connectivity index (χ3v) is 5.44. The molecule has 8 heteroatoms. The fraction of sp³-hybridized carbons (Fsp3) is 0.370. The summed E-state index contributed by atoms with van der Waals surface area (Å²) in [6.07, 6.45) is 1.02. The van der Waals surface area contributed by atoms with Crippen molar-refractivity contribution in [3.63, 3.8) is 0 Å². The van der Waals surface area contributed by atoms with Gasteiger partial charge in [0.2, 0.25) is 0 Å². The predicted octanol–water partition coefficient (Wildman–Crippen LogP) is 5.19. The number of benzene rings is 2. The minimum absolute atomic E-state index is 0.0233. The maximum Gasteiger partial charge on any atom is 0.408 e. The molecular weight excluding hydrogens is 448 g/mol. The summed E-state index contributed by atoms with van der Waals surface area (Å²) >= 11 is 0. The lowest BCUT2D eigenvalue weighted by Crippen LogP contribution is -2.46. The molecule has 0 saturated heterocycles. The molecule has 0 spiro atoms. The highest BCUT2D eigenvalue weighted by molar-refractivity contribution is 6.07. The molecule has 1 aliphatic rings. The van der Waals surface area contributed by atoms with Crippen LogP contribution in [0.2, 0.25) is 0 Å². The van der Waals surface area contributed by atoms with E-state index in [-0.39, 0.29) is 25.2 Å². The number of ether oxygens (including phenoxy) is 2. The highest BCUT2D eigenvalue weighted by Crippen LogP contribution is 2.34. The number of fused-ring (bicyclic) bond motifs is 1. The van der Waals surface area contributed by atoms with Gasteiger partial charge < -0.3 is 19.4 Å². The molecule has 0 aliphatic carbocycles. The van der Waals surface area contributed by atoms with E-state index in [1.807, 2.05) is 51.1 Å². The smallest absolute Gasteiger partial charge is 0.408 e. The Kier molecular flexibility index (Phi) is 8.52. The van der Waals surface area contributed by atoms with Crippen LogP contribution in [0.4, 0.5) is 4.79 Å². The summed E-state index contributed by atoms with van der Waals surface area (Å²) in [7, 11) is 0. The van der Waals surface area contributed by atoms with E-state index < -0.39 is 18.1 Å². The van der Waals surface area contributed by atoms with Crippen molar-refractivity contribution >= 4 is 17.8 Å². The Balaban J connectivity index is 1.93. The van der Waals surface area contributed by atoms with Gasteiger partial charge in [0.1, 0.15) is 24.7 Å². The predicted molar refractivity (Wildman–Crippen MR) is 132 cm³/mol. The van der Waals surface area contributed by atoms with Crippen LogP contribution in [0.25, 0.3) is 0 Å². The molecule has 1 heterocycles. The van der Waals surface area contributed by atoms with Crippen molar-refractivity contribution in [3.8, 4) is 5.75 Å². The topological polar surface area (TPSA) is 97.7 Å². The second-order valence-corrected chi connectivity index (χ2v) is 9.44. The minimum atomic E-state index is -1.25. The summed E-state index contributed by atoms with van der Waals surface area (Å²) in [5, 5.41) is 14.2. The molecule has 0 bridgehead atoms. The van der Waals surface area contributed by atoms with Crippen LogP contribution in [-0.2, 0) is 21.0 Å². The summed E-state index contributed by atoms with van der Waals surface area (Å²) in [4.78, 5) is 31.8. The Labute approximate surface area is 205 Å². The van der Waals surface area contributed by atoms with Gasteiger partial charge in [-0.15, -0.1) is 0 Å². The monoisotopic (exact) mass is 480 g/mol. The molecule has 0 saturated carbocycles. The maximum atomic E-state index is 13.1. The van der Waals surface area contributed by atoms with Crippen molar-refractivity contribution in [2.45, 2.75) is 39.8 Å². The molecule has 2 aromatic rings. The lowest BCUT2D eigenvalue weighted by atomic mass is 9.91. The highest BCUT2D eigenvalue weighted by Gasteiger charge is 2.40. The van der Waals surface area contributed by atoms with E-state index in [1.165, 1.54) is 0 Å². The minimum Gasteiger partial charge on any atom is -0.490 e. The first-order valence-electron chi connectivity index (χ1n) is 11.5. The van der Waals surface area contributed by atoms with Crippen LogP contribution >= 0.6 is 0 Å². The van der Waals surface area contributed by atoms with E-state index >= 15 is 0 Å². The zero-order valence-corrected chi connectivity index (χ0v) is 20.4. The zero-order chi connectivity index (χ0) is 25.4. The lowest BCUT2D eigenvalue weighted by Gasteiger charge is -2.34. The third-order valence-electron chi connectivity index (χ3n) is 5.44. The lowest BCUT2D eigenvalue weighted by molar-refractivity contribution is -0.150. The van der Waals surface area contributed by atoms with Crippen LogP contribution in [0.1, 0.15) is 49.9 Å². The fourth-order valence-corrected chi connectivity index (χ4v) is 3.58. The van der Waals surface area contributed by atoms with Crippen LogP contribution < -0.4 is 4.74 Å². The Morgan fingerprint density at radius 1 is 1.20 bits per heavy atom. The molecule has 8 nitrogen and oxygen atoms in total. The standard InChI is InChI=1S/C27H32N2O6/c1-5-14-33-20-11-12-21-22(16-20)23(28-35-18-19-9-7-6-8-10-19)17-29(26(31)32)24(21)25(30)34-15-13-27(2,3)4/h5-12,16,24H,1,13-15,17-18H2,2-4H3,(H,31,32). The number of hydrogen-bond acceptors (Lipinski definition) is 6. The molecule has 0 fully saturated rings. The molecule has 35 heavy (non-hydrogen) atoms. The number of nitrogens with zero attached hydrogens (tertiary/aromatic N) is 2. The molecule has 186 valence electrons. The number of hydrogen-bond donors (Lipinski definition) is 1. The zero-order valence-electron chi connectivity index (χ0n) is 20.4. The summed E-state index contributed by atoms with van der Waals surface area (Å²) in [5.41, 5.74) is 2.32. The summed E-state index contributed by atoms with van der Waals surface area (Å²) < 4.78 is 11.2. The average molecular weight is 481 g/mol. The summed E-state index contributed by atoms with van der Waals surface area (Å²) in [5.74, 6) is -0.0788. The Hall–Kier alpha value is -3.81. The van der Waals surface area contributed by atoms with Crippen molar-refractivity contribution in [2.24, 2.45) is 10.6 Å². The van der Waals surface area contributed by atoms with E-state index in [2.05, 4.69) is 11.7 Å².